The van der Waals surface area contributed by atoms with Crippen molar-refractivity contribution in [2.45, 2.75) is 33.1 Å². The lowest BCUT2D eigenvalue weighted by molar-refractivity contribution is 0.294. The smallest absolute Gasteiger partial charge is 0.161 e. The summed E-state index contributed by atoms with van der Waals surface area (Å²) in [6.45, 7) is 7.12. The second-order valence-electron chi connectivity index (χ2n) is 5.38. The molecule has 0 spiro atoms. The largest absolute Gasteiger partial charge is 0.493 e. The Morgan fingerprint density at radius 1 is 1.05 bits per heavy atom. The van der Waals surface area contributed by atoms with E-state index in [1.807, 2.05) is 30.6 Å². The van der Waals surface area contributed by atoms with Gasteiger partial charge in [-0.1, -0.05) is 26.8 Å². The normalized spacial score (nSPS) is 10.7. The van der Waals surface area contributed by atoms with Crippen molar-refractivity contribution in [1.82, 2.24) is 4.98 Å². The van der Waals surface area contributed by atoms with Crippen LogP contribution >= 0.6 is 0 Å². The van der Waals surface area contributed by atoms with Crippen LogP contribution in [0.1, 0.15) is 38.7 Å². The molecule has 0 N–H and O–H groups in total. The fourth-order valence-corrected chi connectivity index (χ4v) is 2.11. The van der Waals surface area contributed by atoms with Crippen LogP contribution in [0.3, 0.4) is 0 Å². The van der Waals surface area contributed by atoms with Gasteiger partial charge in [0, 0.05) is 18.0 Å². The monoisotopic (exact) mass is 285 g/mol. The number of hydrogen-bond donors (Lipinski definition) is 0. The summed E-state index contributed by atoms with van der Waals surface area (Å²) in [4.78, 5) is 4.34. The third-order valence-corrected chi connectivity index (χ3v) is 3.38. The number of ether oxygens (including phenoxy) is 2. The van der Waals surface area contributed by atoms with Gasteiger partial charge in [0.2, 0.25) is 0 Å². The van der Waals surface area contributed by atoms with E-state index >= 15 is 0 Å². The van der Waals surface area contributed by atoms with E-state index in [-0.39, 0.29) is 0 Å². The lowest BCUT2D eigenvalue weighted by atomic mass is 10.0. The predicted octanol–water partition coefficient (Wildman–Crippen LogP) is 4.67. The van der Waals surface area contributed by atoms with Crippen LogP contribution in [0.4, 0.5) is 0 Å². The molecule has 0 aliphatic carbocycles. The van der Waals surface area contributed by atoms with Crippen LogP contribution in [0.5, 0.6) is 11.5 Å². The minimum Gasteiger partial charge on any atom is -0.493 e. The van der Waals surface area contributed by atoms with Crippen LogP contribution in [0, 0.1) is 0 Å². The van der Waals surface area contributed by atoms with Crippen LogP contribution in [-0.2, 0) is 0 Å². The molecule has 0 amide bonds. The summed E-state index contributed by atoms with van der Waals surface area (Å²) < 4.78 is 11.1. The Morgan fingerprint density at radius 3 is 2.52 bits per heavy atom. The summed E-state index contributed by atoms with van der Waals surface area (Å²) in [5, 5.41) is 0. The number of benzene rings is 1. The van der Waals surface area contributed by atoms with E-state index in [0.29, 0.717) is 12.5 Å². The van der Waals surface area contributed by atoms with Crippen molar-refractivity contribution in [1.29, 1.82) is 0 Å². The zero-order valence-electron chi connectivity index (χ0n) is 13.2. The van der Waals surface area contributed by atoms with E-state index in [2.05, 4.69) is 31.8 Å². The van der Waals surface area contributed by atoms with E-state index < -0.39 is 0 Å². The minimum atomic E-state index is 0.464. The van der Waals surface area contributed by atoms with Crippen LogP contribution in [0.15, 0.2) is 36.7 Å². The van der Waals surface area contributed by atoms with Gasteiger partial charge in [-0.05, 0) is 41.7 Å². The number of nitrogens with zero attached hydrogens (tertiary/aromatic N) is 1. The molecule has 2 aromatic rings. The first-order valence-corrected chi connectivity index (χ1v) is 7.41. The molecule has 0 aliphatic rings. The Balaban J connectivity index is 2.37. The topological polar surface area (TPSA) is 31.4 Å². The highest BCUT2D eigenvalue weighted by atomic mass is 16.5. The maximum Gasteiger partial charge on any atom is 0.161 e. The lowest BCUT2D eigenvalue weighted by Crippen LogP contribution is -1.98. The van der Waals surface area contributed by atoms with E-state index in [1.54, 1.807) is 7.11 Å². The van der Waals surface area contributed by atoms with Gasteiger partial charge in [0.05, 0.1) is 13.7 Å². The van der Waals surface area contributed by atoms with Crippen molar-refractivity contribution in [2.24, 2.45) is 0 Å². The number of hydrogen-bond acceptors (Lipinski definition) is 3. The lowest BCUT2D eigenvalue weighted by Gasteiger charge is -2.13. The first-order valence-electron chi connectivity index (χ1n) is 7.41. The highest BCUT2D eigenvalue weighted by Gasteiger charge is 2.09. The predicted molar refractivity (Wildman–Crippen MR) is 86.1 cm³/mol. The average Bonchev–Trinajstić information content (AvgIpc) is 2.52. The van der Waals surface area contributed by atoms with Crippen molar-refractivity contribution >= 4 is 0 Å². The maximum absolute atomic E-state index is 5.77. The highest BCUT2D eigenvalue weighted by Crippen LogP contribution is 2.33. The third kappa shape index (κ3) is 3.75. The van der Waals surface area contributed by atoms with Gasteiger partial charge in [-0.3, -0.25) is 4.98 Å². The first-order chi connectivity index (χ1) is 10.2. The summed E-state index contributed by atoms with van der Waals surface area (Å²) in [7, 11) is 1.66. The van der Waals surface area contributed by atoms with Gasteiger partial charge in [-0.25, -0.2) is 0 Å². The molecule has 0 radical (unpaired) electrons. The number of pyridine rings is 1. The molecule has 1 heterocycles. The second-order valence-corrected chi connectivity index (χ2v) is 5.38. The van der Waals surface area contributed by atoms with Crippen LogP contribution in [-0.4, -0.2) is 18.7 Å². The van der Waals surface area contributed by atoms with Crippen LogP contribution in [0.25, 0.3) is 11.1 Å². The zero-order chi connectivity index (χ0) is 15.2. The van der Waals surface area contributed by atoms with Gasteiger partial charge < -0.3 is 9.47 Å². The molecule has 0 bridgehead atoms. The molecule has 0 aliphatic heterocycles. The third-order valence-electron chi connectivity index (χ3n) is 3.38. The Morgan fingerprint density at radius 2 is 1.86 bits per heavy atom. The maximum atomic E-state index is 5.77. The molecule has 21 heavy (non-hydrogen) atoms. The number of methoxy groups -OCH3 is 1. The summed E-state index contributed by atoms with van der Waals surface area (Å²) in [6.07, 6.45) is 4.78. The molecule has 1 aromatic carbocycles. The molecule has 0 unspecified atom stereocenters. The molecule has 3 heteroatoms. The first kappa shape index (κ1) is 15.4. The molecule has 1 aromatic heterocycles. The van der Waals surface area contributed by atoms with Crippen molar-refractivity contribution in [3.8, 4) is 22.6 Å². The van der Waals surface area contributed by atoms with Gasteiger partial charge in [0.1, 0.15) is 0 Å². The van der Waals surface area contributed by atoms with E-state index in [9.17, 15) is 0 Å². The SMILES string of the molecule is CCCOc1cc(-c2cncc(C(C)C)c2)ccc1OC. The Bertz CT molecular complexity index is 594. The zero-order valence-corrected chi connectivity index (χ0v) is 13.2. The van der Waals surface area contributed by atoms with Gasteiger partial charge in [0.25, 0.3) is 0 Å². The minimum absolute atomic E-state index is 0.464. The molecule has 0 saturated carbocycles. The molecular weight excluding hydrogens is 262 g/mol. The fourth-order valence-electron chi connectivity index (χ4n) is 2.11. The second kappa shape index (κ2) is 7.11. The molecule has 0 atom stereocenters. The average molecular weight is 285 g/mol. The highest BCUT2D eigenvalue weighted by molar-refractivity contribution is 5.67. The van der Waals surface area contributed by atoms with Crippen LogP contribution in [0.2, 0.25) is 0 Å². The fraction of sp³-hybridized carbons (Fsp3) is 0.389. The van der Waals surface area contributed by atoms with Crippen molar-refractivity contribution < 1.29 is 9.47 Å². The standard InChI is InChI=1S/C18H23NO2/c1-5-8-21-18-10-14(6-7-17(18)20-4)16-9-15(13(2)3)11-19-12-16/h6-7,9-13H,5,8H2,1-4H3. The van der Waals surface area contributed by atoms with E-state index in [4.69, 9.17) is 9.47 Å². The van der Waals surface area contributed by atoms with Gasteiger partial charge in [-0.2, -0.15) is 0 Å². The van der Waals surface area contributed by atoms with Crippen LogP contribution < -0.4 is 9.47 Å². The van der Waals surface area contributed by atoms with Gasteiger partial charge >= 0.3 is 0 Å². The van der Waals surface area contributed by atoms with E-state index in [0.717, 1.165) is 29.0 Å². The Kier molecular flexibility index (Phi) is 5.20. The quantitative estimate of drug-likeness (QED) is 0.773. The van der Waals surface area contributed by atoms with Gasteiger partial charge in [0.15, 0.2) is 11.5 Å². The molecule has 0 fully saturated rings. The summed E-state index contributed by atoms with van der Waals surface area (Å²) in [6, 6.07) is 8.19. The summed E-state index contributed by atoms with van der Waals surface area (Å²) >= 11 is 0. The van der Waals surface area contributed by atoms with Crippen molar-refractivity contribution in [3.05, 3.63) is 42.2 Å². The molecule has 0 saturated heterocycles. The van der Waals surface area contributed by atoms with E-state index in [1.165, 1.54) is 5.56 Å². The number of aromatic nitrogens is 1. The summed E-state index contributed by atoms with van der Waals surface area (Å²) in [5.41, 5.74) is 3.43. The molecular formula is C18H23NO2. The summed E-state index contributed by atoms with van der Waals surface area (Å²) in [5.74, 6) is 2.01. The Labute approximate surface area is 126 Å². The molecule has 3 nitrogen and oxygen atoms in total. The number of rotatable bonds is 6. The Hall–Kier alpha value is -2.03. The van der Waals surface area contributed by atoms with Crippen molar-refractivity contribution in [3.63, 3.8) is 0 Å². The van der Waals surface area contributed by atoms with Crippen molar-refractivity contribution in [2.75, 3.05) is 13.7 Å². The van der Waals surface area contributed by atoms with Gasteiger partial charge in [-0.15, -0.1) is 0 Å². The molecule has 112 valence electrons. The molecule has 2 rings (SSSR count).